The summed E-state index contributed by atoms with van der Waals surface area (Å²) in [6.45, 7) is 3.47. The minimum atomic E-state index is -3.24. The van der Waals surface area contributed by atoms with Crippen LogP contribution in [0.3, 0.4) is 0 Å². The molecule has 1 aromatic carbocycles. The van der Waals surface area contributed by atoms with Gasteiger partial charge in [0.15, 0.2) is 0 Å². The van der Waals surface area contributed by atoms with E-state index >= 15 is 0 Å². The van der Waals surface area contributed by atoms with Crippen LogP contribution in [0.4, 0.5) is 5.69 Å². The van der Waals surface area contributed by atoms with Gasteiger partial charge in [0, 0.05) is 11.3 Å². The molecule has 0 bridgehead atoms. The van der Waals surface area contributed by atoms with Crippen molar-refractivity contribution in [2.75, 3.05) is 10.5 Å². The van der Waals surface area contributed by atoms with Crippen LogP contribution in [-0.4, -0.2) is 24.1 Å². The fourth-order valence-corrected chi connectivity index (χ4v) is 2.20. The number of hydrogen-bond acceptors (Lipinski definition) is 3. The Bertz CT molecular complexity index is 647. The molecule has 0 aliphatic heterocycles. The van der Waals surface area contributed by atoms with Crippen molar-refractivity contribution in [1.82, 2.24) is 9.97 Å². The lowest BCUT2D eigenvalue weighted by Crippen LogP contribution is -2.14. The molecule has 0 fully saturated rings. The van der Waals surface area contributed by atoms with Gasteiger partial charge in [-0.25, -0.2) is 13.4 Å². The number of benzene rings is 1. The second-order valence-corrected chi connectivity index (χ2v) is 5.98. The van der Waals surface area contributed by atoms with Crippen LogP contribution >= 0.6 is 0 Å². The number of imidazole rings is 1. The Hall–Kier alpha value is -1.82. The lowest BCUT2D eigenvalue weighted by atomic mass is 10.1. The Labute approximate surface area is 106 Å². The summed E-state index contributed by atoms with van der Waals surface area (Å²) in [5.74, 6) is 0.880. The summed E-state index contributed by atoms with van der Waals surface area (Å²) in [6.07, 6.45) is 1.72. The van der Waals surface area contributed by atoms with Gasteiger partial charge in [0.1, 0.15) is 5.82 Å². The molecular formula is C12H15N3O2S. The van der Waals surface area contributed by atoms with E-state index in [-0.39, 0.29) is 5.75 Å². The van der Waals surface area contributed by atoms with Crippen LogP contribution in [0.15, 0.2) is 30.5 Å². The van der Waals surface area contributed by atoms with Gasteiger partial charge >= 0.3 is 0 Å². The van der Waals surface area contributed by atoms with Crippen molar-refractivity contribution in [3.05, 3.63) is 36.3 Å². The molecular weight excluding hydrogens is 250 g/mol. The Morgan fingerprint density at radius 2 is 2.17 bits per heavy atom. The van der Waals surface area contributed by atoms with Crippen LogP contribution in [0.2, 0.25) is 0 Å². The lowest BCUT2D eigenvalue weighted by Gasteiger charge is -2.07. The SMILES string of the molecule is CCS(=O)(=O)Nc1cccc(-c2cnc(C)[nH]2)c1. The van der Waals surface area contributed by atoms with E-state index in [2.05, 4.69) is 14.7 Å². The highest BCUT2D eigenvalue weighted by Crippen LogP contribution is 2.21. The second-order valence-electron chi connectivity index (χ2n) is 3.97. The van der Waals surface area contributed by atoms with Gasteiger partial charge in [0.25, 0.3) is 0 Å². The number of aromatic nitrogens is 2. The summed E-state index contributed by atoms with van der Waals surface area (Å²) in [5.41, 5.74) is 2.32. The first-order valence-corrected chi connectivity index (χ1v) is 7.28. The number of nitrogens with one attached hydrogen (secondary N) is 2. The van der Waals surface area contributed by atoms with Gasteiger partial charge in [0.05, 0.1) is 17.6 Å². The van der Waals surface area contributed by atoms with Crippen molar-refractivity contribution in [3.8, 4) is 11.3 Å². The van der Waals surface area contributed by atoms with E-state index in [1.54, 1.807) is 31.3 Å². The molecule has 2 aromatic rings. The molecule has 0 aliphatic rings. The van der Waals surface area contributed by atoms with Gasteiger partial charge in [-0.1, -0.05) is 12.1 Å². The molecule has 0 radical (unpaired) electrons. The Morgan fingerprint density at radius 3 is 2.78 bits per heavy atom. The minimum Gasteiger partial charge on any atom is -0.342 e. The highest BCUT2D eigenvalue weighted by molar-refractivity contribution is 7.92. The van der Waals surface area contributed by atoms with Gasteiger partial charge in [-0.3, -0.25) is 4.72 Å². The molecule has 0 spiro atoms. The molecule has 0 atom stereocenters. The van der Waals surface area contributed by atoms with Crippen LogP contribution in [0.5, 0.6) is 0 Å². The molecule has 96 valence electrons. The fourth-order valence-electron chi connectivity index (χ4n) is 1.57. The lowest BCUT2D eigenvalue weighted by molar-refractivity contribution is 0.602. The van der Waals surface area contributed by atoms with Crippen molar-refractivity contribution >= 4 is 15.7 Å². The molecule has 18 heavy (non-hydrogen) atoms. The third-order valence-corrected chi connectivity index (χ3v) is 3.84. The zero-order valence-electron chi connectivity index (χ0n) is 10.3. The molecule has 0 saturated heterocycles. The predicted molar refractivity (Wildman–Crippen MR) is 71.8 cm³/mol. The third-order valence-electron chi connectivity index (χ3n) is 2.53. The summed E-state index contributed by atoms with van der Waals surface area (Å²) < 4.78 is 25.5. The number of sulfonamides is 1. The zero-order valence-corrected chi connectivity index (χ0v) is 11.1. The van der Waals surface area contributed by atoms with E-state index in [1.807, 2.05) is 13.0 Å². The van der Waals surface area contributed by atoms with Crippen molar-refractivity contribution < 1.29 is 8.42 Å². The van der Waals surface area contributed by atoms with Gasteiger partial charge in [-0.05, 0) is 26.0 Å². The fraction of sp³-hybridized carbons (Fsp3) is 0.250. The first kappa shape index (κ1) is 12.6. The van der Waals surface area contributed by atoms with Crippen LogP contribution in [0, 0.1) is 6.92 Å². The highest BCUT2D eigenvalue weighted by Gasteiger charge is 2.08. The summed E-state index contributed by atoms with van der Waals surface area (Å²) >= 11 is 0. The predicted octanol–water partition coefficient (Wildman–Crippen LogP) is 2.15. The van der Waals surface area contributed by atoms with E-state index in [4.69, 9.17) is 0 Å². The quantitative estimate of drug-likeness (QED) is 0.889. The average Bonchev–Trinajstić information content (AvgIpc) is 2.76. The summed E-state index contributed by atoms with van der Waals surface area (Å²) in [5, 5.41) is 0. The van der Waals surface area contributed by atoms with E-state index in [0.717, 1.165) is 17.1 Å². The zero-order chi connectivity index (χ0) is 13.2. The molecule has 1 heterocycles. The minimum absolute atomic E-state index is 0.0559. The summed E-state index contributed by atoms with van der Waals surface area (Å²) in [7, 11) is -3.24. The summed E-state index contributed by atoms with van der Waals surface area (Å²) in [4.78, 5) is 7.23. The van der Waals surface area contributed by atoms with Crippen molar-refractivity contribution in [3.63, 3.8) is 0 Å². The van der Waals surface area contributed by atoms with Crippen molar-refractivity contribution in [2.24, 2.45) is 0 Å². The second kappa shape index (κ2) is 4.81. The van der Waals surface area contributed by atoms with Gasteiger partial charge in [-0.15, -0.1) is 0 Å². The topological polar surface area (TPSA) is 74.8 Å². The van der Waals surface area contributed by atoms with E-state index < -0.39 is 10.0 Å². The Morgan fingerprint density at radius 1 is 1.39 bits per heavy atom. The molecule has 5 nitrogen and oxygen atoms in total. The molecule has 2 rings (SSSR count). The Balaban J connectivity index is 2.31. The van der Waals surface area contributed by atoms with E-state index in [9.17, 15) is 8.42 Å². The van der Waals surface area contributed by atoms with E-state index in [0.29, 0.717) is 5.69 Å². The first-order valence-electron chi connectivity index (χ1n) is 5.63. The molecule has 0 amide bonds. The monoisotopic (exact) mass is 265 g/mol. The number of H-pyrrole nitrogens is 1. The maximum absolute atomic E-state index is 11.5. The Kier molecular flexibility index (Phi) is 3.38. The summed E-state index contributed by atoms with van der Waals surface area (Å²) in [6, 6.07) is 7.20. The molecule has 1 aromatic heterocycles. The number of rotatable bonds is 4. The standard InChI is InChI=1S/C12H15N3O2S/c1-3-18(16,17)15-11-6-4-5-10(7-11)12-8-13-9(2)14-12/h4-8,15H,3H2,1-2H3,(H,13,14). The number of aromatic amines is 1. The number of anilines is 1. The molecule has 0 saturated carbocycles. The van der Waals surface area contributed by atoms with Crippen LogP contribution in [0.25, 0.3) is 11.3 Å². The normalized spacial score (nSPS) is 11.4. The smallest absolute Gasteiger partial charge is 0.232 e. The van der Waals surface area contributed by atoms with Crippen molar-refractivity contribution in [1.29, 1.82) is 0 Å². The largest absolute Gasteiger partial charge is 0.342 e. The van der Waals surface area contributed by atoms with Gasteiger partial charge in [0.2, 0.25) is 10.0 Å². The maximum atomic E-state index is 11.5. The highest BCUT2D eigenvalue weighted by atomic mass is 32.2. The van der Waals surface area contributed by atoms with Crippen molar-refractivity contribution in [2.45, 2.75) is 13.8 Å². The molecule has 0 aliphatic carbocycles. The third kappa shape index (κ3) is 2.89. The van der Waals surface area contributed by atoms with Gasteiger partial charge in [-0.2, -0.15) is 0 Å². The number of nitrogens with zero attached hydrogens (tertiary/aromatic N) is 1. The maximum Gasteiger partial charge on any atom is 0.232 e. The number of hydrogen-bond donors (Lipinski definition) is 2. The first-order chi connectivity index (χ1) is 8.50. The number of aryl methyl sites for hydroxylation is 1. The molecule has 6 heteroatoms. The molecule has 2 N–H and O–H groups in total. The van der Waals surface area contributed by atoms with Crippen LogP contribution < -0.4 is 4.72 Å². The van der Waals surface area contributed by atoms with E-state index in [1.165, 1.54) is 0 Å². The van der Waals surface area contributed by atoms with Crippen LogP contribution in [-0.2, 0) is 10.0 Å². The average molecular weight is 265 g/mol. The van der Waals surface area contributed by atoms with Crippen LogP contribution in [0.1, 0.15) is 12.7 Å². The molecule has 0 unspecified atom stereocenters. The van der Waals surface area contributed by atoms with Gasteiger partial charge < -0.3 is 4.98 Å².